The number of hydrogen-bond acceptors (Lipinski definition) is 19. The van der Waals surface area contributed by atoms with E-state index >= 15 is 0 Å². The van der Waals surface area contributed by atoms with Crippen molar-refractivity contribution in [1.29, 1.82) is 0 Å². The molecule has 1 aliphatic heterocycles. The van der Waals surface area contributed by atoms with Crippen LogP contribution in [0, 0.1) is 29.6 Å². The number of carbonyl (C=O) groups is 11. The Hall–Kier alpha value is -6.49. The molecule has 8 amide bonds. The molecule has 0 aliphatic carbocycles. The van der Waals surface area contributed by atoms with E-state index in [2.05, 4.69) is 56.4 Å². The molecule has 1 heterocycles. The van der Waals surface area contributed by atoms with E-state index in [1.54, 1.807) is 38.1 Å². The maximum atomic E-state index is 14.7. The minimum absolute atomic E-state index is 0.0501. The molecule has 27 heteroatoms. The number of ketones is 3. The van der Waals surface area contributed by atoms with E-state index in [-0.39, 0.29) is 102 Å². The van der Waals surface area contributed by atoms with Gasteiger partial charge >= 0.3 is 0 Å². The Morgan fingerprint density at radius 1 is 0.636 bits per heavy atom. The van der Waals surface area contributed by atoms with E-state index in [1.807, 2.05) is 6.92 Å². The van der Waals surface area contributed by atoms with Gasteiger partial charge in [0.05, 0.1) is 24.9 Å². The highest BCUT2D eigenvalue weighted by molar-refractivity contribution is 5.99. The fraction of sp³-hybridized carbons (Fsp3) is 0.721. The van der Waals surface area contributed by atoms with E-state index in [1.165, 1.54) is 13.8 Å². The van der Waals surface area contributed by atoms with Gasteiger partial charge in [-0.3, -0.25) is 52.7 Å². The molecule has 0 bridgehead atoms. The molecule has 0 spiro atoms. The average Bonchev–Trinajstić information content (AvgIpc) is 2.19. The van der Waals surface area contributed by atoms with Crippen molar-refractivity contribution in [3.05, 3.63) is 29.8 Å². The second-order valence-corrected chi connectivity index (χ2v) is 23.6. The standard InChI is InChI=1S/C61H105N13O14/c1-8-36(5)12-10-11-13-43(77)32-40(18-24-62)55(81)73-52(37(6)75)51(79)33-41(19-25-63)54(80)69-48-23-29-67-61(87)53(38(7)76)74-59(85)47(22-28-66)70-57(83)46(21-27-65)71-60(86)49(30-35(3)4)72-56(82)42(31-39-14-16-44(17-15-39)88-9-2)34-50(78)45(20-26-64)68-58(48)84/h14-17,35-38,40-42,45-49,52-53,75-76H,8-13,18-34,62-66H2,1-7H3,(H,67,87)(H,68,84)(H,69,80)(H,70,83)(H,71,86)(H,72,82)(H,73,81)(H,74,85)/t36-,37+,38+,40+,41+,42-,45-,46-,47-,48-,49-,52-,53-/m0/s1. The smallest absolute Gasteiger partial charge is 0.245 e. The summed E-state index contributed by atoms with van der Waals surface area (Å²) in [7, 11) is 0. The number of unbranched alkanes of at least 4 members (excludes halogenated alkanes) is 1. The van der Waals surface area contributed by atoms with Crippen molar-refractivity contribution in [2.75, 3.05) is 45.9 Å². The lowest BCUT2D eigenvalue weighted by atomic mass is 9.89. The lowest BCUT2D eigenvalue weighted by Gasteiger charge is -2.28. The Balaban J connectivity index is 2.72. The molecule has 1 saturated heterocycles. The molecule has 20 N–H and O–H groups in total. The zero-order valence-corrected chi connectivity index (χ0v) is 52.8. The fourth-order valence-electron chi connectivity index (χ4n) is 10.2. The zero-order chi connectivity index (χ0) is 66.0. The summed E-state index contributed by atoms with van der Waals surface area (Å²) in [6.45, 7) is 11.6. The van der Waals surface area contributed by atoms with Crippen LogP contribution in [0.1, 0.15) is 150 Å². The number of ether oxygens (including phenoxy) is 1. The first-order valence-corrected chi connectivity index (χ1v) is 31.3. The lowest BCUT2D eigenvalue weighted by Crippen LogP contribution is -2.60. The predicted molar refractivity (Wildman–Crippen MR) is 331 cm³/mol. The molecule has 88 heavy (non-hydrogen) atoms. The topological polar surface area (TPSA) is 464 Å². The summed E-state index contributed by atoms with van der Waals surface area (Å²) in [5.74, 6) is -11.0. The van der Waals surface area contributed by atoms with Crippen molar-refractivity contribution in [3.63, 3.8) is 0 Å². The molecule has 13 atom stereocenters. The maximum absolute atomic E-state index is 14.7. The van der Waals surface area contributed by atoms with E-state index in [0.29, 0.717) is 30.3 Å². The van der Waals surface area contributed by atoms with Crippen LogP contribution in [0.15, 0.2) is 24.3 Å². The van der Waals surface area contributed by atoms with E-state index < -0.39 is 157 Å². The Morgan fingerprint density at radius 3 is 1.72 bits per heavy atom. The highest BCUT2D eigenvalue weighted by atomic mass is 16.5. The Kier molecular flexibility index (Phi) is 36.8. The SMILES string of the molecule is CCOc1ccc(C[C@H]2CC(=O)[C@H](CCN)NC(=O)[C@@H](NC(=O)[C@H](CCN)CC(=O)[C@@H](NC(=O)[C@H](CCN)CC(=O)CCCC[C@@H](C)CC)[C@@H](C)O)CCNC(=O)[C@H]([C@@H](C)O)NC(=O)[C@H](CCN)NC(=O)[C@H](CCN)NC(=O)[C@H](CC(C)C)NC2=O)cc1. The first-order chi connectivity index (χ1) is 41.8. The van der Waals surface area contributed by atoms with Crippen molar-refractivity contribution in [2.45, 2.75) is 206 Å². The fourth-order valence-corrected chi connectivity index (χ4v) is 10.2. The van der Waals surface area contributed by atoms with Gasteiger partial charge in [0.1, 0.15) is 47.8 Å². The predicted octanol–water partition coefficient (Wildman–Crippen LogP) is -1.57. The van der Waals surface area contributed by atoms with Crippen molar-refractivity contribution in [2.24, 2.45) is 58.3 Å². The monoisotopic (exact) mass is 1240 g/mol. The number of nitrogens with one attached hydrogen (secondary N) is 8. The Bertz CT molecular complexity index is 2400. The summed E-state index contributed by atoms with van der Waals surface area (Å²) in [6, 6.07) is -3.46. The van der Waals surface area contributed by atoms with Gasteiger partial charge in [0, 0.05) is 50.0 Å². The summed E-state index contributed by atoms with van der Waals surface area (Å²) in [4.78, 5) is 155. The van der Waals surface area contributed by atoms with E-state index in [9.17, 15) is 63.0 Å². The first kappa shape index (κ1) is 77.6. The number of rotatable bonds is 33. The maximum Gasteiger partial charge on any atom is 0.245 e. The van der Waals surface area contributed by atoms with Crippen LogP contribution < -0.4 is 75.9 Å². The second-order valence-electron chi connectivity index (χ2n) is 23.6. The van der Waals surface area contributed by atoms with Crippen molar-refractivity contribution >= 4 is 64.6 Å². The number of aliphatic hydroxyl groups is 2. The molecular formula is C61H105N13O14. The number of nitrogens with two attached hydrogens (primary N) is 5. The molecular weight excluding hydrogens is 1140 g/mol. The third-order valence-electron chi connectivity index (χ3n) is 15.6. The highest BCUT2D eigenvalue weighted by Crippen LogP contribution is 2.22. The van der Waals surface area contributed by atoms with Crippen LogP contribution in [0.4, 0.5) is 0 Å². The summed E-state index contributed by atoms with van der Waals surface area (Å²) < 4.78 is 5.61. The molecule has 1 fully saturated rings. The zero-order valence-electron chi connectivity index (χ0n) is 52.8. The lowest BCUT2D eigenvalue weighted by molar-refractivity contribution is -0.137. The van der Waals surface area contributed by atoms with Crippen molar-refractivity contribution in [1.82, 2.24) is 42.5 Å². The van der Waals surface area contributed by atoms with Crippen molar-refractivity contribution in [3.8, 4) is 5.75 Å². The van der Waals surface area contributed by atoms with Gasteiger partial charge in [0.2, 0.25) is 47.3 Å². The number of amides is 8. The van der Waals surface area contributed by atoms with Gasteiger partial charge in [-0.15, -0.1) is 0 Å². The Morgan fingerprint density at radius 2 is 1.18 bits per heavy atom. The number of carbonyl (C=O) groups excluding carboxylic acids is 11. The molecule has 0 radical (unpaired) electrons. The molecule has 498 valence electrons. The average molecular weight is 1240 g/mol. The van der Waals surface area contributed by atoms with Gasteiger partial charge in [-0.05, 0) is 141 Å². The number of hydrogen-bond donors (Lipinski definition) is 15. The summed E-state index contributed by atoms with van der Waals surface area (Å²) in [6.07, 6.45) is -1.44. The second kappa shape index (κ2) is 41.7. The van der Waals surface area contributed by atoms with Crippen LogP contribution >= 0.6 is 0 Å². The third-order valence-corrected chi connectivity index (χ3v) is 15.6. The molecule has 0 saturated carbocycles. The molecule has 0 aromatic heterocycles. The molecule has 27 nitrogen and oxygen atoms in total. The van der Waals surface area contributed by atoms with E-state index in [4.69, 9.17) is 33.4 Å². The third kappa shape index (κ3) is 27.9. The minimum atomic E-state index is -1.67. The van der Waals surface area contributed by atoms with E-state index in [0.717, 1.165) is 19.3 Å². The van der Waals surface area contributed by atoms with Crippen LogP contribution in [0.2, 0.25) is 0 Å². The van der Waals surface area contributed by atoms with Gasteiger partial charge in [0.25, 0.3) is 0 Å². The summed E-state index contributed by atoms with van der Waals surface area (Å²) >= 11 is 0. The molecule has 1 aromatic rings. The summed E-state index contributed by atoms with van der Waals surface area (Å²) in [5.41, 5.74) is 30.2. The highest BCUT2D eigenvalue weighted by Gasteiger charge is 2.38. The van der Waals surface area contributed by atoms with Crippen LogP contribution in [0.5, 0.6) is 5.75 Å². The Labute approximate surface area is 518 Å². The molecule has 1 aromatic carbocycles. The van der Waals surface area contributed by atoms with Crippen LogP contribution in [-0.2, 0) is 59.2 Å². The molecule has 1 aliphatic rings. The number of Topliss-reactive ketones (excluding diaryl/α,β-unsaturated/α-hetero) is 3. The van der Waals surface area contributed by atoms with Gasteiger partial charge in [-0.25, -0.2) is 0 Å². The largest absolute Gasteiger partial charge is 0.494 e. The quantitative estimate of drug-likeness (QED) is 0.0353. The van der Waals surface area contributed by atoms with Crippen LogP contribution in [0.3, 0.4) is 0 Å². The van der Waals surface area contributed by atoms with Gasteiger partial charge in [-0.1, -0.05) is 59.1 Å². The van der Waals surface area contributed by atoms with Gasteiger partial charge in [-0.2, -0.15) is 0 Å². The number of benzene rings is 1. The van der Waals surface area contributed by atoms with Gasteiger partial charge < -0.3 is 86.2 Å². The summed E-state index contributed by atoms with van der Waals surface area (Å²) in [5, 5.41) is 42.5. The first-order valence-electron chi connectivity index (χ1n) is 31.3. The number of aliphatic hydroxyl groups excluding tert-OH is 2. The molecule has 2 rings (SSSR count). The normalized spacial score (nSPS) is 22.7. The van der Waals surface area contributed by atoms with Crippen molar-refractivity contribution < 1.29 is 67.7 Å². The van der Waals surface area contributed by atoms with Crippen LogP contribution in [0.25, 0.3) is 0 Å². The van der Waals surface area contributed by atoms with Gasteiger partial charge in [0.15, 0.2) is 11.6 Å². The molecule has 0 unspecified atom stereocenters. The van der Waals surface area contributed by atoms with Crippen LogP contribution in [-0.4, -0.2) is 175 Å². The minimum Gasteiger partial charge on any atom is -0.494 e.